The van der Waals surface area contributed by atoms with E-state index in [1.54, 1.807) is 31.0 Å². The van der Waals surface area contributed by atoms with Gasteiger partial charge in [0.15, 0.2) is 13.2 Å². The molecule has 0 N–H and O–H groups in total. The molecule has 13 heteroatoms. The number of rotatable bonds is 19. The normalized spacial score (nSPS) is 13.5. The first-order chi connectivity index (χ1) is 25.4. The Bertz CT molecular complexity index is 1750. The van der Waals surface area contributed by atoms with E-state index in [9.17, 15) is 4.39 Å². The van der Waals surface area contributed by atoms with E-state index in [0.717, 1.165) is 73.7 Å². The van der Waals surface area contributed by atoms with Crippen molar-refractivity contribution >= 4 is 23.5 Å². The largest absolute Gasteiger partial charge is 0.484 e. The van der Waals surface area contributed by atoms with Crippen LogP contribution in [0.25, 0.3) is 0 Å². The summed E-state index contributed by atoms with van der Waals surface area (Å²) in [6.07, 6.45) is 7.59. The molecule has 0 bridgehead atoms. The zero-order valence-corrected chi connectivity index (χ0v) is 31.7. The number of methoxy groups -OCH3 is 1. The molecule has 6 rings (SSSR count). The van der Waals surface area contributed by atoms with Gasteiger partial charge in [-0.2, -0.15) is 0 Å². The van der Waals surface area contributed by atoms with E-state index in [1.165, 1.54) is 42.3 Å². The van der Waals surface area contributed by atoms with Crippen LogP contribution in [0.5, 0.6) is 11.5 Å². The van der Waals surface area contributed by atoms with E-state index >= 15 is 0 Å². The number of aromatic nitrogens is 4. The van der Waals surface area contributed by atoms with Gasteiger partial charge in [0.2, 0.25) is 0 Å². The molecule has 3 aromatic carbocycles. The van der Waals surface area contributed by atoms with Gasteiger partial charge in [0.1, 0.15) is 17.3 Å². The summed E-state index contributed by atoms with van der Waals surface area (Å²) in [5, 5.41) is 17.3. The first-order valence-corrected chi connectivity index (χ1v) is 19.5. The molecule has 0 radical (unpaired) electrons. The van der Waals surface area contributed by atoms with Crippen molar-refractivity contribution in [2.75, 3.05) is 31.8 Å². The first kappa shape index (κ1) is 39.3. The van der Waals surface area contributed by atoms with Gasteiger partial charge in [-0.1, -0.05) is 78.8 Å². The van der Waals surface area contributed by atoms with Crippen LogP contribution in [0, 0.1) is 19.7 Å². The molecule has 1 fully saturated rings. The summed E-state index contributed by atoms with van der Waals surface area (Å²) in [5.74, 6) is 3.76. The second-order valence-electron chi connectivity index (χ2n) is 12.5. The Hall–Kier alpha value is -3.91. The molecule has 0 aliphatic heterocycles. The quantitative estimate of drug-likeness (QED) is 0.0592. The predicted molar refractivity (Wildman–Crippen MR) is 199 cm³/mol. The predicted octanol–water partition coefficient (Wildman–Crippen LogP) is 9.24. The lowest BCUT2D eigenvalue weighted by Crippen LogP contribution is -2.32. The number of ether oxygens (including phenoxy) is 4. The molecule has 1 aliphatic carbocycles. The summed E-state index contributed by atoms with van der Waals surface area (Å²) in [6, 6.07) is 22.3. The second-order valence-corrected chi connectivity index (χ2v) is 14.5. The SMILES string of the molecule is COCCCOC1(CSc2nnc(COc3cc(C)ccc3C)o2)CCCC1.Fc1ccc(OCc2nnc(SCCCc3ccccc3)o2)cc1. The highest BCUT2D eigenvalue weighted by Gasteiger charge is 2.35. The van der Waals surface area contributed by atoms with E-state index in [-0.39, 0.29) is 24.6 Å². The molecule has 2 aromatic heterocycles. The smallest absolute Gasteiger partial charge is 0.276 e. The maximum Gasteiger partial charge on any atom is 0.276 e. The van der Waals surface area contributed by atoms with E-state index < -0.39 is 0 Å². The molecule has 0 unspecified atom stereocenters. The highest BCUT2D eigenvalue weighted by atomic mass is 32.2. The van der Waals surface area contributed by atoms with Crippen molar-refractivity contribution in [1.29, 1.82) is 0 Å². The lowest BCUT2D eigenvalue weighted by Gasteiger charge is -2.28. The van der Waals surface area contributed by atoms with Crippen LogP contribution in [-0.2, 0) is 29.1 Å². The zero-order valence-electron chi connectivity index (χ0n) is 30.1. The number of hydrogen-bond donors (Lipinski definition) is 0. The third-order valence-electron chi connectivity index (χ3n) is 8.32. The number of aryl methyl sites for hydroxylation is 3. The minimum Gasteiger partial charge on any atom is -0.484 e. The molecule has 52 heavy (non-hydrogen) atoms. The standard InChI is InChI=1S/C21H30N2O4S.C18H17FN2O2S/c1-16-7-8-17(2)18(13-16)25-14-19-22-23-20(27-19)28-15-21(9-4-5-10-21)26-12-6-11-24-3;19-15-8-10-16(11-9-15)22-13-17-20-21-18(23-17)24-12-4-7-14-5-2-1-3-6-14/h7-8,13H,4-6,9-12,14-15H2,1-3H3;1-3,5-6,8-11H,4,7,12-13H2. The Morgan fingerprint density at radius 2 is 1.46 bits per heavy atom. The van der Waals surface area contributed by atoms with Crippen molar-refractivity contribution in [3.63, 3.8) is 0 Å². The average Bonchev–Trinajstić information content (AvgIpc) is 3.94. The number of nitrogens with zero attached hydrogens (tertiary/aromatic N) is 4. The Morgan fingerprint density at radius 1 is 0.769 bits per heavy atom. The van der Waals surface area contributed by atoms with Gasteiger partial charge in [-0.05, 0) is 93.0 Å². The molecular weight excluding hydrogens is 704 g/mol. The van der Waals surface area contributed by atoms with Crippen molar-refractivity contribution in [2.24, 2.45) is 0 Å². The van der Waals surface area contributed by atoms with Crippen molar-refractivity contribution in [2.45, 2.75) is 88.1 Å². The summed E-state index contributed by atoms with van der Waals surface area (Å²) in [7, 11) is 1.72. The summed E-state index contributed by atoms with van der Waals surface area (Å²) >= 11 is 3.12. The lowest BCUT2D eigenvalue weighted by atomic mass is 10.1. The van der Waals surface area contributed by atoms with Crippen LogP contribution < -0.4 is 9.47 Å². The Balaban J connectivity index is 0.000000203. The highest BCUT2D eigenvalue weighted by molar-refractivity contribution is 7.99. The Morgan fingerprint density at radius 3 is 2.17 bits per heavy atom. The molecule has 1 aliphatic rings. The molecule has 0 saturated heterocycles. The molecule has 1 saturated carbocycles. The van der Waals surface area contributed by atoms with Crippen LogP contribution in [0.2, 0.25) is 0 Å². The summed E-state index contributed by atoms with van der Waals surface area (Å²) in [5.41, 5.74) is 3.50. The molecule has 10 nitrogen and oxygen atoms in total. The van der Waals surface area contributed by atoms with Crippen LogP contribution in [0.1, 0.15) is 67.0 Å². The molecular formula is C39H47FN4O6S2. The molecule has 5 aromatic rings. The maximum atomic E-state index is 12.8. The van der Waals surface area contributed by atoms with E-state index in [2.05, 4.69) is 38.6 Å². The summed E-state index contributed by atoms with van der Waals surface area (Å²) < 4.78 is 46.8. The summed E-state index contributed by atoms with van der Waals surface area (Å²) in [6.45, 7) is 5.98. The second kappa shape index (κ2) is 21.0. The lowest BCUT2D eigenvalue weighted by molar-refractivity contribution is -0.0292. The van der Waals surface area contributed by atoms with Gasteiger partial charge in [-0.15, -0.1) is 20.4 Å². The van der Waals surface area contributed by atoms with E-state index in [4.69, 9.17) is 27.8 Å². The van der Waals surface area contributed by atoms with Crippen LogP contribution in [0.15, 0.2) is 92.1 Å². The fourth-order valence-electron chi connectivity index (χ4n) is 5.50. The van der Waals surface area contributed by atoms with Crippen molar-refractivity contribution in [1.82, 2.24) is 20.4 Å². The van der Waals surface area contributed by atoms with Crippen LogP contribution in [0.4, 0.5) is 4.39 Å². The third kappa shape index (κ3) is 13.3. The molecule has 0 spiro atoms. The fraction of sp³-hybridized carbons (Fsp3) is 0.436. The van der Waals surface area contributed by atoms with E-state index in [1.807, 2.05) is 44.2 Å². The first-order valence-electron chi connectivity index (χ1n) is 17.6. The van der Waals surface area contributed by atoms with Gasteiger partial charge in [-0.25, -0.2) is 4.39 Å². The zero-order chi connectivity index (χ0) is 36.4. The van der Waals surface area contributed by atoms with Gasteiger partial charge < -0.3 is 27.8 Å². The number of hydrogen-bond acceptors (Lipinski definition) is 12. The van der Waals surface area contributed by atoms with Crippen molar-refractivity contribution in [3.8, 4) is 11.5 Å². The minimum absolute atomic E-state index is 0.0811. The Kier molecular flexibility index (Phi) is 15.8. The number of benzene rings is 3. The molecule has 278 valence electrons. The number of halogens is 1. The van der Waals surface area contributed by atoms with Crippen LogP contribution in [-0.4, -0.2) is 57.8 Å². The van der Waals surface area contributed by atoms with Gasteiger partial charge in [0, 0.05) is 31.8 Å². The molecule has 0 atom stereocenters. The highest BCUT2D eigenvalue weighted by Crippen LogP contribution is 2.38. The topological polar surface area (TPSA) is 115 Å². The monoisotopic (exact) mass is 750 g/mol. The average molecular weight is 751 g/mol. The van der Waals surface area contributed by atoms with Crippen LogP contribution >= 0.6 is 23.5 Å². The van der Waals surface area contributed by atoms with Gasteiger partial charge in [-0.3, -0.25) is 0 Å². The van der Waals surface area contributed by atoms with Gasteiger partial charge in [0.05, 0.1) is 5.60 Å². The van der Waals surface area contributed by atoms with Gasteiger partial charge in [0.25, 0.3) is 22.2 Å². The fourth-order valence-corrected chi connectivity index (χ4v) is 7.23. The maximum absolute atomic E-state index is 12.8. The van der Waals surface area contributed by atoms with Gasteiger partial charge >= 0.3 is 0 Å². The van der Waals surface area contributed by atoms with E-state index in [0.29, 0.717) is 28.0 Å². The van der Waals surface area contributed by atoms with Crippen molar-refractivity contribution in [3.05, 3.63) is 107 Å². The molecule has 2 heterocycles. The minimum atomic E-state index is -0.297. The Labute approximate surface area is 313 Å². The molecule has 0 amide bonds. The summed E-state index contributed by atoms with van der Waals surface area (Å²) in [4.78, 5) is 0. The van der Waals surface area contributed by atoms with Crippen molar-refractivity contribution < 1.29 is 32.2 Å². The van der Waals surface area contributed by atoms with Crippen LogP contribution in [0.3, 0.4) is 0 Å². The third-order valence-corrected chi connectivity index (χ3v) is 10.3. The number of thioether (sulfide) groups is 2.